The number of aldehydes is 1. The lowest BCUT2D eigenvalue weighted by atomic mass is 10.0. The number of guanidine groups is 1. The molecule has 0 radical (unpaired) electrons. The van der Waals surface area contributed by atoms with Crippen molar-refractivity contribution in [2.45, 2.75) is 51.6 Å². The summed E-state index contributed by atoms with van der Waals surface area (Å²) >= 11 is 5.76. The second kappa shape index (κ2) is 20.8. The average molecular weight is 597 g/mol. The van der Waals surface area contributed by atoms with Crippen molar-refractivity contribution in [3.63, 3.8) is 0 Å². The van der Waals surface area contributed by atoms with E-state index in [9.17, 15) is 4.79 Å². The van der Waals surface area contributed by atoms with Crippen molar-refractivity contribution < 1.29 is 4.79 Å². The first-order chi connectivity index (χ1) is 20.0. The minimum atomic E-state index is -0.0591. The molecule has 2 atom stereocenters. The van der Waals surface area contributed by atoms with Gasteiger partial charge >= 0.3 is 0 Å². The number of benzene rings is 2. The van der Waals surface area contributed by atoms with Crippen LogP contribution in [0.25, 0.3) is 12.2 Å². The molecule has 3 rings (SSSR count). The number of aliphatic imine (C=N–C) groups is 1. The fraction of sp³-hybridized carbons (Fsp3) is 0.471. The standard InChI is InChI=1S/C18H26N2.C11H14ClNO.C5H13N3/c1-5-17-8-7-16(13-18(17)6-2)9-10-20-12-11-19(4)15(3)14-20;1-13(2)11(8-14)7-9-3-5-10(12)6-4-9;1-2-3-4-8-5(6)7/h5-8,13,15H,1-2,9-12,14H2,3-4H3;3-6,8,11H,7H2,1-2H3;2-4H2,1H3,(H4,6,7,8)/t;11-;/m.1./s1. The zero-order valence-corrected chi connectivity index (χ0v) is 27.2. The van der Waals surface area contributed by atoms with E-state index in [1.807, 2.05) is 55.4 Å². The Labute approximate surface area is 259 Å². The van der Waals surface area contributed by atoms with E-state index in [1.165, 1.54) is 30.8 Å². The number of rotatable bonds is 12. The molecule has 1 fully saturated rings. The number of carbonyl (C=O) groups excluding carboxylic acids is 1. The molecular formula is C34H53ClN6O. The zero-order chi connectivity index (χ0) is 31.5. The highest BCUT2D eigenvalue weighted by Gasteiger charge is 2.20. The maximum Gasteiger partial charge on any atom is 0.185 e. The fourth-order valence-electron chi connectivity index (χ4n) is 4.34. The lowest BCUT2D eigenvalue weighted by Gasteiger charge is -2.37. The van der Waals surface area contributed by atoms with Crippen molar-refractivity contribution in [1.29, 1.82) is 0 Å². The molecule has 4 N–H and O–H groups in total. The Hall–Kier alpha value is -2.97. The van der Waals surface area contributed by atoms with E-state index in [0.717, 1.165) is 61.2 Å². The Bertz CT molecular complexity index is 1100. The number of carbonyl (C=O) groups is 1. The molecule has 1 heterocycles. The van der Waals surface area contributed by atoms with Crippen molar-refractivity contribution in [2.75, 3.05) is 53.9 Å². The molecule has 0 bridgehead atoms. The predicted octanol–water partition coefficient (Wildman–Crippen LogP) is 5.22. The Balaban J connectivity index is 0.000000349. The highest BCUT2D eigenvalue weighted by molar-refractivity contribution is 6.30. The van der Waals surface area contributed by atoms with Gasteiger partial charge in [0.2, 0.25) is 0 Å². The Morgan fingerprint density at radius 1 is 1.10 bits per heavy atom. The molecule has 1 saturated heterocycles. The molecule has 0 aromatic heterocycles. The minimum Gasteiger partial charge on any atom is -0.370 e. The van der Waals surface area contributed by atoms with Crippen LogP contribution < -0.4 is 11.5 Å². The van der Waals surface area contributed by atoms with Gasteiger partial charge in [-0.1, -0.05) is 80.6 Å². The van der Waals surface area contributed by atoms with Gasteiger partial charge < -0.3 is 26.1 Å². The number of nitrogens with two attached hydrogens (primary N) is 2. The molecule has 232 valence electrons. The SMILES string of the molecule is C=Cc1ccc(CCN2CCN(C)C(C)C2)cc1C=C.CCCCN=C(N)N.CN(C)[C@@H](C=O)Cc1ccc(Cl)cc1. The van der Waals surface area contributed by atoms with Crippen LogP contribution in [0.5, 0.6) is 0 Å². The summed E-state index contributed by atoms with van der Waals surface area (Å²) in [5.41, 5.74) is 15.0. The van der Waals surface area contributed by atoms with E-state index in [1.54, 1.807) is 0 Å². The number of halogens is 1. The number of hydrogen-bond acceptors (Lipinski definition) is 5. The van der Waals surface area contributed by atoms with Crippen molar-refractivity contribution in [3.05, 3.63) is 82.9 Å². The number of unbranched alkanes of at least 4 members (excludes halogenated alkanes) is 1. The second-order valence-electron chi connectivity index (χ2n) is 10.9. The first kappa shape index (κ1) is 37.1. The van der Waals surface area contributed by atoms with Crippen LogP contribution in [0.15, 0.2) is 60.6 Å². The molecule has 2 aromatic carbocycles. The van der Waals surface area contributed by atoms with Gasteiger partial charge in [-0.3, -0.25) is 9.89 Å². The number of piperazine rings is 1. The van der Waals surface area contributed by atoms with Gasteiger partial charge in [-0.25, -0.2) is 0 Å². The maximum atomic E-state index is 10.8. The van der Waals surface area contributed by atoms with Gasteiger partial charge in [0.1, 0.15) is 6.29 Å². The van der Waals surface area contributed by atoms with E-state index in [-0.39, 0.29) is 12.0 Å². The monoisotopic (exact) mass is 596 g/mol. The van der Waals surface area contributed by atoms with Gasteiger partial charge in [0.25, 0.3) is 0 Å². The van der Waals surface area contributed by atoms with E-state index in [4.69, 9.17) is 23.1 Å². The summed E-state index contributed by atoms with van der Waals surface area (Å²) in [6.45, 7) is 17.6. The van der Waals surface area contributed by atoms with Crippen LogP contribution in [-0.4, -0.2) is 92.9 Å². The number of nitrogens with zero attached hydrogens (tertiary/aromatic N) is 4. The van der Waals surface area contributed by atoms with Crippen LogP contribution in [0.2, 0.25) is 5.02 Å². The molecule has 7 nitrogen and oxygen atoms in total. The average Bonchev–Trinajstić information content (AvgIpc) is 2.97. The van der Waals surface area contributed by atoms with Gasteiger partial charge in [-0.2, -0.15) is 0 Å². The third-order valence-corrected chi connectivity index (χ3v) is 7.59. The third kappa shape index (κ3) is 14.8. The van der Waals surface area contributed by atoms with E-state index in [0.29, 0.717) is 6.04 Å². The highest BCUT2D eigenvalue weighted by Crippen LogP contribution is 2.16. The smallest absolute Gasteiger partial charge is 0.185 e. The summed E-state index contributed by atoms with van der Waals surface area (Å²) in [4.78, 5) is 21.4. The summed E-state index contributed by atoms with van der Waals surface area (Å²) in [6.07, 6.45) is 8.81. The van der Waals surface area contributed by atoms with Crippen molar-refractivity contribution in [1.82, 2.24) is 14.7 Å². The van der Waals surface area contributed by atoms with Gasteiger partial charge in [0.05, 0.1) is 6.04 Å². The lowest BCUT2D eigenvalue weighted by molar-refractivity contribution is -0.111. The summed E-state index contributed by atoms with van der Waals surface area (Å²) in [6, 6.07) is 14.8. The van der Waals surface area contributed by atoms with Crippen LogP contribution in [-0.2, 0) is 17.6 Å². The molecule has 1 aliphatic rings. The van der Waals surface area contributed by atoms with Crippen molar-refractivity contribution >= 4 is 36.0 Å². The first-order valence-electron chi connectivity index (χ1n) is 14.8. The van der Waals surface area contributed by atoms with Gasteiger partial charge in [-0.05, 0) is 81.7 Å². The molecule has 0 saturated carbocycles. The Morgan fingerprint density at radius 3 is 2.26 bits per heavy atom. The number of likely N-dealkylation sites (N-methyl/N-ethyl adjacent to an activating group) is 2. The fourth-order valence-corrected chi connectivity index (χ4v) is 4.46. The van der Waals surface area contributed by atoms with E-state index >= 15 is 0 Å². The molecular weight excluding hydrogens is 544 g/mol. The van der Waals surface area contributed by atoms with E-state index in [2.05, 4.69) is 67.0 Å². The quantitative estimate of drug-likeness (QED) is 0.151. The molecule has 8 heteroatoms. The topological polar surface area (TPSA) is 91.2 Å². The van der Waals surface area contributed by atoms with Crippen molar-refractivity contribution in [3.8, 4) is 0 Å². The number of hydrogen-bond donors (Lipinski definition) is 2. The summed E-state index contributed by atoms with van der Waals surface area (Å²) in [7, 11) is 6.01. The maximum absolute atomic E-state index is 10.8. The third-order valence-electron chi connectivity index (χ3n) is 7.34. The van der Waals surface area contributed by atoms with Crippen molar-refractivity contribution in [2.24, 2.45) is 16.5 Å². The molecule has 42 heavy (non-hydrogen) atoms. The van der Waals surface area contributed by atoms with Crippen LogP contribution in [0.1, 0.15) is 48.9 Å². The second-order valence-corrected chi connectivity index (χ2v) is 11.3. The summed E-state index contributed by atoms with van der Waals surface area (Å²) in [5.74, 6) is 0.193. The van der Waals surface area contributed by atoms with Crippen LogP contribution >= 0.6 is 11.6 Å². The molecule has 2 aromatic rings. The molecule has 1 unspecified atom stereocenters. The normalized spacial score (nSPS) is 15.8. The van der Waals surface area contributed by atoms with Gasteiger partial charge in [-0.15, -0.1) is 0 Å². The largest absolute Gasteiger partial charge is 0.370 e. The lowest BCUT2D eigenvalue weighted by Crippen LogP contribution is -2.50. The predicted molar refractivity (Wildman–Crippen MR) is 183 cm³/mol. The van der Waals surface area contributed by atoms with Gasteiger partial charge in [0, 0.05) is 43.8 Å². The minimum absolute atomic E-state index is 0.0591. The van der Waals surface area contributed by atoms with Crippen LogP contribution in [0.4, 0.5) is 0 Å². The summed E-state index contributed by atoms with van der Waals surface area (Å²) in [5, 5.41) is 0.723. The zero-order valence-electron chi connectivity index (χ0n) is 26.4. The van der Waals surface area contributed by atoms with Crippen LogP contribution in [0.3, 0.4) is 0 Å². The first-order valence-corrected chi connectivity index (χ1v) is 15.1. The summed E-state index contributed by atoms with van der Waals surface area (Å²) < 4.78 is 0. The molecule has 0 aliphatic carbocycles. The Morgan fingerprint density at radius 2 is 1.74 bits per heavy atom. The van der Waals surface area contributed by atoms with Crippen LogP contribution in [0, 0.1) is 0 Å². The Kier molecular flexibility index (Phi) is 18.4. The van der Waals surface area contributed by atoms with E-state index < -0.39 is 0 Å². The molecule has 1 aliphatic heterocycles. The highest BCUT2D eigenvalue weighted by atomic mass is 35.5. The molecule has 0 amide bonds. The van der Waals surface area contributed by atoms with Gasteiger partial charge in [0.15, 0.2) is 5.96 Å². The molecule has 0 spiro atoms.